The van der Waals surface area contributed by atoms with E-state index in [9.17, 15) is 4.79 Å². The van der Waals surface area contributed by atoms with Crippen LogP contribution in [0.5, 0.6) is 0 Å². The Labute approximate surface area is 77.2 Å². The number of carbonyl (C=O) groups excluding carboxylic acids is 1. The number of hydrogen-bond acceptors (Lipinski definition) is 3. The number of halogens is 1. The zero-order valence-corrected chi connectivity index (χ0v) is 7.50. The second-order valence-electron chi connectivity index (χ2n) is 1.96. The van der Waals surface area contributed by atoms with Gasteiger partial charge in [-0.1, -0.05) is 0 Å². The average molecular weight is 188 g/mol. The molecule has 0 saturated heterocycles. The van der Waals surface area contributed by atoms with Gasteiger partial charge in [0.25, 0.3) is 0 Å². The molecule has 0 saturated carbocycles. The molecule has 0 bridgehead atoms. The average Bonchev–Trinajstić information content (AvgIpc) is 2.07. The molecule has 0 spiro atoms. The molecule has 0 aliphatic rings. The normalized spacial score (nSPS) is 8.42. The van der Waals surface area contributed by atoms with E-state index in [0.29, 0.717) is 12.2 Å². The van der Waals surface area contributed by atoms with Crippen LogP contribution < -0.4 is 0 Å². The van der Waals surface area contributed by atoms with E-state index in [-0.39, 0.29) is 18.4 Å². The van der Waals surface area contributed by atoms with E-state index in [4.69, 9.17) is 4.74 Å². The minimum atomic E-state index is -0.319. The first kappa shape index (κ1) is 10.9. The second kappa shape index (κ2) is 5.55. The van der Waals surface area contributed by atoms with Crippen LogP contribution >= 0.6 is 12.4 Å². The van der Waals surface area contributed by atoms with Gasteiger partial charge in [-0.05, 0) is 19.1 Å². The van der Waals surface area contributed by atoms with Gasteiger partial charge in [0.05, 0.1) is 12.2 Å². The van der Waals surface area contributed by atoms with E-state index < -0.39 is 0 Å². The van der Waals surface area contributed by atoms with E-state index >= 15 is 0 Å². The molecule has 0 atom stereocenters. The fraction of sp³-hybridized carbons (Fsp3) is 0.250. The quantitative estimate of drug-likeness (QED) is 0.662. The molecule has 66 valence electrons. The molecule has 1 heterocycles. The Balaban J connectivity index is 0.00000121. The maximum Gasteiger partial charge on any atom is 0.339 e. The van der Waals surface area contributed by atoms with Crippen molar-refractivity contribution in [3.8, 4) is 0 Å². The molecule has 4 heteroatoms. The number of esters is 1. The fourth-order valence-electron chi connectivity index (χ4n) is 0.698. The van der Waals surface area contributed by atoms with Gasteiger partial charge >= 0.3 is 5.97 Å². The summed E-state index contributed by atoms with van der Waals surface area (Å²) in [5, 5.41) is 0. The Morgan fingerprint density at radius 3 is 2.92 bits per heavy atom. The summed E-state index contributed by atoms with van der Waals surface area (Å²) in [5.74, 6) is -0.319. The smallest absolute Gasteiger partial charge is 0.339 e. The molecule has 1 aromatic heterocycles. The number of ether oxygens (including phenoxy) is 1. The molecule has 0 radical (unpaired) electrons. The lowest BCUT2D eigenvalue weighted by atomic mass is 10.3. The van der Waals surface area contributed by atoms with Gasteiger partial charge in [-0.15, -0.1) is 12.4 Å². The molecule has 3 nitrogen and oxygen atoms in total. The molecule has 0 aromatic carbocycles. The molecule has 0 fully saturated rings. The highest BCUT2D eigenvalue weighted by Crippen LogP contribution is 1.97. The van der Waals surface area contributed by atoms with Crippen LogP contribution in [0.1, 0.15) is 17.3 Å². The van der Waals surface area contributed by atoms with Crippen LogP contribution in [0.25, 0.3) is 0 Å². The van der Waals surface area contributed by atoms with Gasteiger partial charge in [-0.2, -0.15) is 0 Å². The van der Waals surface area contributed by atoms with Crippen molar-refractivity contribution in [3.05, 3.63) is 30.1 Å². The van der Waals surface area contributed by atoms with Gasteiger partial charge in [-0.3, -0.25) is 4.98 Å². The molecule has 0 aliphatic carbocycles. The van der Waals surface area contributed by atoms with Crippen molar-refractivity contribution in [2.24, 2.45) is 0 Å². The third kappa shape index (κ3) is 2.88. The lowest BCUT2D eigenvalue weighted by Gasteiger charge is -1.98. The van der Waals surface area contributed by atoms with Crippen molar-refractivity contribution < 1.29 is 9.53 Å². The van der Waals surface area contributed by atoms with Crippen LogP contribution in [-0.4, -0.2) is 17.6 Å². The molecule has 0 unspecified atom stereocenters. The lowest BCUT2D eigenvalue weighted by Crippen LogP contribution is -2.04. The number of pyridine rings is 1. The van der Waals surface area contributed by atoms with Crippen LogP contribution in [0.15, 0.2) is 24.5 Å². The van der Waals surface area contributed by atoms with Gasteiger partial charge in [-0.25, -0.2) is 4.79 Å². The SMILES string of the molecule is CCOC(=O)c1cccnc1.Cl. The van der Waals surface area contributed by atoms with Gasteiger partial charge in [0.2, 0.25) is 0 Å². The first-order valence-corrected chi connectivity index (χ1v) is 3.41. The van der Waals surface area contributed by atoms with Crippen molar-refractivity contribution in [2.45, 2.75) is 6.92 Å². The van der Waals surface area contributed by atoms with Crippen molar-refractivity contribution in [3.63, 3.8) is 0 Å². The van der Waals surface area contributed by atoms with Gasteiger partial charge in [0.15, 0.2) is 0 Å². The summed E-state index contributed by atoms with van der Waals surface area (Å²) in [6.45, 7) is 2.17. The van der Waals surface area contributed by atoms with Crippen molar-refractivity contribution in [2.75, 3.05) is 6.61 Å². The highest BCUT2D eigenvalue weighted by Gasteiger charge is 2.03. The third-order valence-corrected chi connectivity index (χ3v) is 1.17. The van der Waals surface area contributed by atoms with Crippen LogP contribution in [0.4, 0.5) is 0 Å². The van der Waals surface area contributed by atoms with E-state index in [1.807, 2.05) is 0 Å². The van der Waals surface area contributed by atoms with Gasteiger partial charge < -0.3 is 4.74 Å². The van der Waals surface area contributed by atoms with Crippen molar-refractivity contribution >= 4 is 18.4 Å². The molecule has 0 N–H and O–H groups in total. The number of rotatable bonds is 2. The Morgan fingerprint density at radius 2 is 2.42 bits per heavy atom. The fourth-order valence-corrected chi connectivity index (χ4v) is 0.698. The largest absolute Gasteiger partial charge is 0.462 e. The summed E-state index contributed by atoms with van der Waals surface area (Å²) in [6.07, 6.45) is 3.10. The minimum absolute atomic E-state index is 0. The second-order valence-corrected chi connectivity index (χ2v) is 1.96. The molecule has 1 rings (SSSR count). The Kier molecular flexibility index (Phi) is 5.04. The van der Waals surface area contributed by atoms with Crippen LogP contribution in [0.2, 0.25) is 0 Å². The minimum Gasteiger partial charge on any atom is -0.462 e. The predicted octanol–water partition coefficient (Wildman–Crippen LogP) is 1.68. The van der Waals surface area contributed by atoms with Crippen LogP contribution in [-0.2, 0) is 4.74 Å². The van der Waals surface area contributed by atoms with E-state index in [0.717, 1.165) is 0 Å². The highest BCUT2D eigenvalue weighted by molar-refractivity contribution is 5.88. The molecule has 1 aromatic rings. The van der Waals surface area contributed by atoms with Crippen LogP contribution in [0.3, 0.4) is 0 Å². The number of nitrogens with zero attached hydrogens (tertiary/aromatic N) is 1. The summed E-state index contributed by atoms with van der Waals surface area (Å²) in [5.41, 5.74) is 0.495. The molecule has 12 heavy (non-hydrogen) atoms. The molecular weight excluding hydrogens is 178 g/mol. The van der Waals surface area contributed by atoms with E-state index in [1.54, 1.807) is 25.3 Å². The van der Waals surface area contributed by atoms with Gasteiger partial charge in [0, 0.05) is 12.4 Å². The number of hydrogen-bond donors (Lipinski definition) is 0. The Morgan fingerprint density at radius 1 is 1.67 bits per heavy atom. The van der Waals surface area contributed by atoms with Crippen molar-refractivity contribution in [1.29, 1.82) is 0 Å². The monoisotopic (exact) mass is 187 g/mol. The third-order valence-electron chi connectivity index (χ3n) is 1.17. The van der Waals surface area contributed by atoms with Gasteiger partial charge in [0.1, 0.15) is 0 Å². The van der Waals surface area contributed by atoms with E-state index in [2.05, 4.69) is 4.98 Å². The zero-order chi connectivity index (χ0) is 8.10. The number of aromatic nitrogens is 1. The van der Waals surface area contributed by atoms with Crippen LogP contribution in [0, 0.1) is 0 Å². The summed E-state index contributed by atoms with van der Waals surface area (Å²) in [6, 6.07) is 3.37. The highest BCUT2D eigenvalue weighted by atomic mass is 35.5. The van der Waals surface area contributed by atoms with Crippen molar-refractivity contribution in [1.82, 2.24) is 4.98 Å². The molecule has 0 aliphatic heterocycles. The summed E-state index contributed by atoms with van der Waals surface area (Å²) in [4.78, 5) is 14.8. The van der Waals surface area contributed by atoms with E-state index in [1.165, 1.54) is 6.20 Å². The lowest BCUT2D eigenvalue weighted by molar-refractivity contribution is 0.0526. The Hall–Kier alpha value is -1.09. The first-order chi connectivity index (χ1) is 5.34. The summed E-state index contributed by atoms with van der Waals surface area (Å²) >= 11 is 0. The standard InChI is InChI=1S/C8H9NO2.ClH/c1-2-11-8(10)7-4-3-5-9-6-7;/h3-6H,2H2,1H3;1H. The summed E-state index contributed by atoms with van der Waals surface area (Å²) < 4.78 is 4.75. The molecular formula is C8H10ClNO2. The first-order valence-electron chi connectivity index (χ1n) is 3.41. The Bertz CT molecular complexity index is 238. The number of carbonyl (C=O) groups is 1. The maximum absolute atomic E-state index is 11.0. The zero-order valence-electron chi connectivity index (χ0n) is 6.69. The predicted molar refractivity (Wildman–Crippen MR) is 47.4 cm³/mol. The topological polar surface area (TPSA) is 39.2 Å². The summed E-state index contributed by atoms with van der Waals surface area (Å²) in [7, 11) is 0. The maximum atomic E-state index is 11.0. The molecule has 0 amide bonds.